The fourth-order valence-electron chi connectivity index (χ4n) is 2.42. The summed E-state index contributed by atoms with van der Waals surface area (Å²) in [5.41, 5.74) is 3.36. The molecule has 3 aromatic rings. The van der Waals surface area contributed by atoms with E-state index in [0.29, 0.717) is 17.2 Å². The summed E-state index contributed by atoms with van der Waals surface area (Å²) >= 11 is 0. The molecule has 0 spiro atoms. The molecule has 0 atom stereocenters. The number of aromatic amines is 1. The number of benzene rings is 1. The number of pyridine rings is 1. The van der Waals surface area contributed by atoms with Gasteiger partial charge in [0, 0.05) is 10.9 Å². The maximum atomic E-state index is 12.4. The summed E-state index contributed by atoms with van der Waals surface area (Å²) in [4.78, 5) is 19.7. The van der Waals surface area contributed by atoms with Gasteiger partial charge in [-0.25, -0.2) is 4.98 Å². The highest BCUT2D eigenvalue weighted by molar-refractivity contribution is 6.05. The van der Waals surface area contributed by atoms with Crippen LogP contribution < -0.4 is 5.32 Å². The molecule has 0 aliphatic rings. The van der Waals surface area contributed by atoms with Crippen molar-refractivity contribution in [2.75, 3.05) is 5.32 Å². The fourth-order valence-corrected chi connectivity index (χ4v) is 2.42. The Kier molecular flexibility index (Phi) is 3.33. The van der Waals surface area contributed by atoms with E-state index in [0.717, 1.165) is 22.0 Å². The number of hydrogen-bond acceptors (Lipinski definition) is 3. The van der Waals surface area contributed by atoms with Crippen molar-refractivity contribution in [1.29, 1.82) is 0 Å². The Morgan fingerprint density at radius 2 is 1.91 bits per heavy atom. The van der Waals surface area contributed by atoms with Gasteiger partial charge < -0.3 is 15.4 Å². The second kappa shape index (κ2) is 5.18. The molecular weight excluding hydrogens is 278 g/mol. The molecule has 0 bridgehead atoms. The van der Waals surface area contributed by atoms with Gasteiger partial charge in [-0.05, 0) is 44.0 Å². The molecule has 0 aliphatic carbocycles. The van der Waals surface area contributed by atoms with Crippen LogP contribution in [0.4, 0.5) is 5.82 Å². The number of hydrogen-bond donors (Lipinski definition) is 3. The molecule has 1 aromatic carbocycles. The number of nitrogens with one attached hydrogen (secondary N) is 2. The molecule has 22 heavy (non-hydrogen) atoms. The van der Waals surface area contributed by atoms with Crippen LogP contribution >= 0.6 is 0 Å². The Hall–Kier alpha value is -2.82. The quantitative estimate of drug-likeness (QED) is 0.677. The van der Waals surface area contributed by atoms with Gasteiger partial charge in [-0.1, -0.05) is 18.2 Å². The van der Waals surface area contributed by atoms with Crippen molar-refractivity contribution in [2.24, 2.45) is 0 Å². The number of carbonyl (C=O) groups is 1. The molecule has 3 rings (SSSR count). The third kappa shape index (κ3) is 2.30. The van der Waals surface area contributed by atoms with Crippen LogP contribution in [-0.4, -0.2) is 21.0 Å². The number of para-hydroxylation sites is 1. The van der Waals surface area contributed by atoms with Gasteiger partial charge in [0.15, 0.2) is 0 Å². The number of nitrogens with zero attached hydrogens (tertiary/aromatic N) is 1. The lowest BCUT2D eigenvalue weighted by Crippen LogP contribution is -2.15. The second-order valence-corrected chi connectivity index (χ2v) is 5.37. The lowest BCUT2D eigenvalue weighted by atomic mass is 10.1. The average molecular weight is 295 g/mol. The summed E-state index contributed by atoms with van der Waals surface area (Å²) < 4.78 is 0. The van der Waals surface area contributed by atoms with Crippen LogP contribution in [0.25, 0.3) is 10.9 Å². The van der Waals surface area contributed by atoms with Crippen molar-refractivity contribution in [3.05, 3.63) is 52.8 Å². The van der Waals surface area contributed by atoms with E-state index in [1.54, 1.807) is 19.9 Å². The van der Waals surface area contributed by atoms with E-state index in [-0.39, 0.29) is 11.7 Å². The van der Waals surface area contributed by atoms with E-state index in [2.05, 4.69) is 15.3 Å². The maximum Gasteiger partial charge on any atom is 0.273 e. The van der Waals surface area contributed by atoms with Crippen molar-refractivity contribution in [3.63, 3.8) is 0 Å². The Bertz CT molecular complexity index is 848. The fraction of sp³-hybridized carbons (Fsp3) is 0.176. The van der Waals surface area contributed by atoms with E-state index in [9.17, 15) is 9.90 Å². The second-order valence-electron chi connectivity index (χ2n) is 5.37. The molecular formula is C17H17N3O2. The Balaban J connectivity index is 1.94. The van der Waals surface area contributed by atoms with Gasteiger partial charge in [-0.3, -0.25) is 4.79 Å². The first-order valence-electron chi connectivity index (χ1n) is 7.03. The first kappa shape index (κ1) is 14.1. The maximum absolute atomic E-state index is 12.4. The number of fused-ring (bicyclic) bond motifs is 1. The zero-order valence-corrected chi connectivity index (χ0v) is 12.7. The van der Waals surface area contributed by atoms with Gasteiger partial charge in [0.25, 0.3) is 5.91 Å². The summed E-state index contributed by atoms with van der Waals surface area (Å²) in [6, 6.07) is 9.51. The van der Waals surface area contributed by atoms with Crippen molar-refractivity contribution in [2.45, 2.75) is 20.8 Å². The van der Waals surface area contributed by atoms with Crippen molar-refractivity contribution in [1.82, 2.24) is 9.97 Å². The highest BCUT2D eigenvalue weighted by atomic mass is 16.3. The summed E-state index contributed by atoms with van der Waals surface area (Å²) in [6.45, 7) is 5.33. The smallest absolute Gasteiger partial charge is 0.273 e. The van der Waals surface area contributed by atoms with E-state index >= 15 is 0 Å². The lowest BCUT2D eigenvalue weighted by molar-refractivity contribution is 0.102. The van der Waals surface area contributed by atoms with Crippen molar-refractivity contribution < 1.29 is 9.90 Å². The SMILES string of the molecule is Cc1nc(NC(=O)c2cc3ccccc3[nH]2)c(C)c(C)c1O. The van der Waals surface area contributed by atoms with Gasteiger partial charge in [0.2, 0.25) is 0 Å². The standard InChI is InChI=1S/C17H17N3O2/c1-9-10(2)16(18-11(3)15(9)21)20-17(22)14-8-12-6-4-5-7-13(12)19-14/h4-8,19,21H,1-3H3,(H,18,20,22). The minimum atomic E-state index is -0.253. The van der Waals surface area contributed by atoms with E-state index in [4.69, 9.17) is 0 Å². The Morgan fingerprint density at radius 3 is 2.64 bits per heavy atom. The molecule has 0 aliphatic heterocycles. The highest BCUT2D eigenvalue weighted by Gasteiger charge is 2.15. The summed E-state index contributed by atoms with van der Waals surface area (Å²) in [6.07, 6.45) is 0. The molecule has 2 heterocycles. The highest BCUT2D eigenvalue weighted by Crippen LogP contribution is 2.27. The molecule has 5 nitrogen and oxygen atoms in total. The Morgan fingerprint density at radius 1 is 1.18 bits per heavy atom. The first-order valence-corrected chi connectivity index (χ1v) is 7.03. The minimum absolute atomic E-state index is 0.168. The van der Waals surface area contributed by atoms with Crippen LogP contribution in [0.5, 0.6) is 5.75 Å². The Labute approximate surface area is 128 Å². The first-order chi connectivity index (χ1) is 10.5. The average Bonchev–Trinajstić information content (AvgIpc) is 2.94. The largest absolute Gasteiger partial charge is 0.506 e. The summed E-state index contributed by atoms with van der Waals surface area (Å²) in [5.74, 6) is 0.383. The van der Waals surface area contributed by atoms with Gasteiger partial charge >= 0.3 is 0 Å². The topological polar surface area (TPSA) is 78.0 Å². The molecule has 0 radical (unpaired) electrons. The third-order valence-electron chi connectivity index (χ3n) is 3.90. The molecule has 0 saturated heterocycles. The molecule has 0 fully saturated rings. The number of carbonyl (C=O) groups excluding carboxylic acids is 1. The summed E-state index contributed by atoms with van der Waals surface area (Å²) in [5, 5.41) is 13.7. The number of amides is 1. The van der Waals surface area contributed by atoms with E-state index in [1.165, 1.54) is 0 Å². The van der Waals surface area contributed by atoms with E-state index < -0.39 is 0 Å². The number of aromatic hydroxyl groups is 1. The monoisotopic (exact) mass is 295 g/mol. The van der Waals surface area contributed by atoms with Crippen molar-refractivity contribution in [3.8, 4) is 5.75 Å². The zero-order chi connectivity index (χ0) is 15.9. The number of anilines is 1. The molecule has 0 unspecified atom stereocenters. The van der Waals surface area contributed by atoms with E-state index in [1.807, 2.05) is 31.2 Å². The summed E-state index contributed by atoms with van der Waals surface area (Å²) in [7, 11) is 0. The minimum Gasteiger partial charge on any atom is -0.506 e. The van der Waals surface area contributed by atoms with Crippen molar-refractivity contribution >= 4 is 22.6 Å². The van der Waals surface area contributed by atoms with Gasteiger partial charge in [0.1, 0.15) is 17.3 Å². The van der Waals surface area contributed by atoms with Crippen LogP contribution in [0.3, 0.4) is 0 Å². The lowest BCUT2D eigenvalue weighted by Gasteiger charge is -2.12. The van der Waals surface area contributed by atoms with Gasteiger partial charge in [0.05, 0.1) is 5.69 Å². The van der Waals surface area contributed by atoms with Crippen LogP contribution in [-0.2, 0) is 0 Å². The number of aryl methyl sites for hydroxylation is 1. The van der Waals surface area contributed by atoms with Gasteiger partial charge in [-0.2, -0.15) is 0 Å². The predicted octanol–water partition coefficient (Wildman–Crippen LogP) is 3.45. The van der Waals surface area contributed by atoms with Crippen LogP contribution in [0.15, 0.2) is 30.3 Å². The molecule has 1 amide bonds. The molecule has 2 aromatic heterocycles. The normalized spacial score (nSPS) is 10.9. The molecule has 3 N–H and O–H groups in total. The third-order valence-corrected chi connectivity index (χ3v) is 3.90. The predicted molar refractivity (Wildman–Crippen MR) is 86.4 cm³/mol. The molecule has 112 valence electrons. The number of H-pyrrole nitrogens is 1. The van der Waals surface area contributed by atoms with Crippen LogP contribution in [0.2, 0.25) is 0 Å². The molecule has 0 saturated carbocycles. The van der Waals surface area contributed by atoms with Crippen LogP contribution in [0, 0.1) is 20.8 Å². The van der Waals surface area contributed by atoms with Gasteiger partial charge in [-0.15, -0.1) is 0 Å². The molecule has 5 heteroatoms. The number of rotatable bonds is 2. The zero-order valence-electron chi connectivity index (χ0n) is 12.7. The number of aromatic nitrogens is 2. The van der Waals surface area contributed by atoms with Crippen LogP contribution in [0.1, 0.15) is 27.3 Å².